The van der Waals surface area contributed by atoms with Gasteiger partial charge in [-0.15, -0.1) is 0 Å². The van der Waals surface area contributed by atoms with Crippen LogP contribution in [0.1, 0.15) is 51.9 Å². The number of aliphatic carboxylic acids is 1. The van der Waals surface area contributed by atoms with Crippen molar-refractivity contribution >= 4 is 5.97 Å². The topological polar surface area (TPSA) is 37.3 Å². The molecule has 2 nitrogen and oxygen atoms in total. The van der Waals surface area contributed by atoms with Gasteiger partial charge < -0.3 is 5.11 Å². The number of carboxylic acid groups (broad SMARTS) is 1. The fourth-order valence-corrected chi connectivity index (χ4v) is 1.16. The SMILES string of the molecule is C[CH]CCCCCCCC(=O)O. The summed E-state index contributed by atoms with van der Waals surface area (Å²) in [6, 6.07) is 0. The van der Waals surface area contributed by atoms with Crippen LogP contribution in [0, 0.1) is 6.42 Å². The van der Waals surface area contributed by atoms with E-state index in [-0.39, 0.29) is 0 Å². The molecule has 12 heavy (non-hydrogen) atoms. The molecule has 0 aromatic rings. The lowest BCUT2D eigenvalue weighted by molar-refractivity contribution is -0.137. The van der Waals surface area contributed by atoms with E-state index in [1.807, 2.05) is 0 Å². The first-order valence-corrected chi connectivity index (χ1v) is 4.77. The summed E-state index contributed by atoms with van der Waals surface area (Å²) in [4.78, 5) is 10.1. The third-order valence-corrected chi connectivity index (χ3v) is 1.88. The lowest BCUT2D eigenvalue weighted by Crippen LogP contribution is -1.93. The summed E-state index contributed by atoms with van der Waals surface area (Å²) < 4.78 is 0. The van der Waals surface area contributed by atoms with Gasteiger partial charge in [0.05, 0.1) is 0 Å². The van der Waals surface area contributed by atoms with Gasteiger partial charge in [-0.25, -0.2) is 0 Å². The molecule has 2 heteroatoms. The Bertz CT molecular complexity index is 110. The van der Waals surface area contributed by atoms with Gasteiger partial charge in [-0.3, -0.25) is 4.79 Å². The number of unbranched alkanes of at least 4 members (excludes halogenated alkanes) is 6. The second-order valence-corrected chi connectivity index (χ2v) is 3.11. The summed E-state index contributed by atoms with van der Waals surface area (Å²) in [6.45, 7) is 2.07. The Morgan fingerprint density at radius 1 is 1.17 bits per heavy atom. The van der Waals surface area contributed by atoms with Crippen molar-refractivity contribution in [3.05, 3.63) is 6.42 Å². The van der Waals surface area contributed by atoms with Gasteiger partial charge in [-0.1, -0.05) is 39.0 Å². The van der Waals surface area contributed by atoms with E-state index in [1.165, 1.54) is 25.7 Å². The first kappa shape index (κ1) is 11.5. The molecule has 0 aromatic heterocycles. The Morgan fingerprint density at radius 3 is 2.33 bits per heavy atom. The molecule has 0 atom stereocenters. The van der Waals surface area contributed by atoms with Crippen LogP contribution in [0.15, 0.2) is 0 Å². The maximum absolute atomic E-state index is 10.1. The van der Waals surface area contributed by atoms with Crippen molar-refractivity contribution in [1.82, 2.24) is 0 Å². The van der Waals surface area contributed by atoms with Crippen molar-refractivity contribution < 1.29 is 9.90 Å². The van der Waals surface area contributed by atoms with Crippen LogP contribution < -0.4 is 0 Å². The Morgan fingerprint density at radius 2 is 1.75 bits per heavy atom. The smallest absolute Gasteiger partial charge is 0.303 e. The second-order valence-electron chi connectivity index (χ2n) is 3.11. The van der Waals surface area contributed by atoms with Crippen LogP contribution in [-0.4, -0.2) is 11.1 Å². The zero-order valence-corrected chi connectivity index (χ0v) is 7.88. The summed E-state index contributed by atoms with van der Waals surface area (Å²) >= 11 is 0. The first-order valence-electron chi connectivity index (χ1n) is 4.77. The van der Waals surface area contributed by atoms with Crippen LogP contribution in [0.25, 0.3) is 0 Å². The van der Waals surface area contributed by atoms with Crippen molar-refractivity contribution in [3.8, 4) is 0 Å². The molecular weight excluding hydrogens is 152 g/mol. The van der Waals surface area contributed by atoms with Gasteiger partial charge in [-0.2, -0.15) is 0 Å². The number of rotatable bonds is 8. The highest BCUT2D eigenvalue weighted by Gasteiger charge is 1.95. The summed E-state index contributed by atoms with van der Waals surface area (Å²) in [5.41, 5.74) is 0. The van der Waals surface area contributed by atoms with Gasteiger partial charge in [-0.05, 0) is 12.8 Å². The predicted octanol–water partition coefficient (Wildman–Crippen LogP) is 3.03. The van der Waals surface area contributed by atoms with Crippen molar-refractivity contribution in [1.29, 1.82) is 0 Å². The van der Waals surface area contributed by atoms with E-state index in [0.717, 1.165) is 12.8 Å². The molecule has 1 radical (unpaired) electrons. The van der Waals surface area contributed by atoms with Gasteiger partial charge in [0.25, 0.3) is 0 Å². The van der Waals surface area contributed by atoms with E-state index in [1.54, 1.807) is 0 Å². The minimum Gasteiger partial charge on any atom is -0.481 e. The fourth-order valence-electron chi connectivity index (χ4n) is 1.16. The Hall–Kier alpha value is -0.530. The monoisotopic (exact) mass is 171 g/mol. The molecule has 0 spiro atoms. The van der Waals surface area contributed by atoms with Crippen molar-refractivity contribution in [2.24, 2.45) is 0 Å². The molecule has 0 heterocycles. The normalized spacial score (nSPS) is 10.1. The largest absolute Gasteiger partial charge is 0.481 e. The Labute approximate surface area is 75.0 Å². The van der Waals surface area contributed by atoms with Gasteiger partial charge in [0.2, 0.25) is 0 Å². The van der Waals surface area contributed by atoms with E-state index in [9.17, 15) is 4.79 Å². The average molecular weight is 171 g/mol. The van der Waals surface area contributed by atoms with Gasteiger partial charge in [0, 0.05) is 6.42 Å². The minimum atomic E-state index is -0.670. The molecule has 0 saturated heterocycles. The third kappa shape index (κ3) is 9.47. The molecule has 0 aliphatic heterocycles. The summed E-state index contributed by atoms with van der Waals surface area (Å²) in [5, 5.41) is 8.35. The van der Waals surface area contributed by atoms with E-state index < -0.39 is 5.97 Å². The predicted molar refractivity (Wildman–Crippen MR) is 49.9 cm³/mol. The highest BCUT2D eigenvalue weighted by atomic mass is 16.4. The molecule has 71 valence electrons. The molecule has 0 unspecified atom stereocenters. The van der Waals surface area contributed by atoms with Crippen LogP contribution in [-0.2, 0) is 4.79 Å². The van der Waals surface area contributed by atoms with Crippen LogP contribution in [0.3, 0.4) is 0 Å². The minimum absolute atomic E-state index is 0.333. The molecule has 0 saturated carbocycles. The number of hydrogen-bond acceptors (Lipinski definition) is 1. The molecule has 0 aromatic carbocycles. The van der Waals surface area contributed by atoms with Gasteiger partial charge in [0.1, 0.15) is 0 Å². The van der Waals surface area contributed by atoms with Gasteiger partial charge in [0.15, 0.2) is 0 Å². The molecule has 0 amide bonds. The maximum Gasteiger partial charge on any atom is 0.303 e. The van der Waals surface area contributed by atoms with Gasteiger partial charge >= 0.3 is 5.97 Å². The van der Waals surface area contributed by atoms with Crippen LogP contribution in [0.5, 0.6) is 0 Å². The quantitative estimate of drug-likeness (QED) is 0.570. The van der Waals surface area contributed by atoms with E-state index in [4.69, 9.17) is 5.11 Å². The fraction of sp³-hybridized carbons (Fsp3) is 0.800. The summed E-state index contributed by atoms with van der Waals surface area (Å²) in [5.74, 6) is -0.670. The third-order valence-electron chi connectivity index (χ3n) is 1.88. The molecule has 0 aliphatic rings. The number of carboxylic acids is 1. The lowest BCUT2D eigenvalue weighted by atomic mass is 10.1. The standard InChI is InChI=1S/C10H19O2/c1-2-3-4-5-6-7-8-9-10(11)12/h2H,3-9H2,1H3,(H,11,12). The Kier molecular flexibility index (Phi) is 8.19. The lowest BCUT2D eigenvalue weighted by Gasteiger charge is -1.98. The van der Waals surface area contributed by atoms with Crippen LogP contribution in [0.4, 0.5) is 0 Å². The second kappa shape index (κ2) is 8.57. The summed E-state index contributed by atoms with van der Waals surface area (Å²) in [7, 11) is 0. The van der Waals surface area contributed by atoms with E-state index in [0.29, 0.717) is 6.42 Å². The number of hydrogen-bond donors (Lipinski definition) is 1. The number of carbonyl (C=O) groups is 1. The molecule has 0 aliphatic carbocycles. The molecular formula is C10H19O2. The zero-order valence-electron chi connectivity index (χ0n) is 7.88. The van der Waals surface area contributed by atoms with Crippen molar-refractivity contribution in [2.75, 3.05) is 0 Å². The highest BCUT2D eigenvalue weighted by Crippen LogP contribution is 2.07. The van der Waals surface area contributed by atoms with Crippen molar-refractivity contribution in [3.63, 3.8) is 0 Å². The van der Waals surface area contributed by atoms with Crippen molar-refractivity contribution in [2.45, 2.75) is 51.9 Å². The average Bonchev–Trinajstić information content (AvgIpc) is 2.02. The molecule has 0 rings (SSSR count). The Balaban J connectivity index is 2.86. The first-order chi connectivity index (χ1) is 5.77. The summed E-state index contributed by atoms with van der Waals surface area (Å²) in [6.07, 6.45) is 9.28. The zero-order chi connectivity index (χ0) is 9.23. The van der Waals surface area contributed by atoms with Crippen LogP contribution >= 0.6 is 0 Å². The maximum atomic E-state index is 10.1. The van der Waals surface area contributed by atoms with E-state index in [2.05, 4.69) is 13.3 Å². The highest BCUT2D eigenvalue weighted by molar-refractivity contribution is 5.66. The van der Waals surface area contributed by atoms with Crippen LogP contribution in [0.2, 0.25) is 0 Å². The van der Waals surface area contributed by atoms with E-state index >= 15 is 0 Å². The molecule has 0 bridgehead atoms. The molecule has 1 N–H and O–H groups in total. The molecule has 0 fully saturated rings.